The van der Waals surface area contributed by atoms with Crippen molar-refractivity contribution in [1.82, 2.24) is 15.8 Å². The highest BCUT2D eigenvalue weighted by molar-refractivity contribution is 5.93. The average Bonchev–Trinajstić information content (AvgIpc) is 3.30. The van der Waals surface area contributed by atoms with Crippen LogP contribution < -0.4 is 15.6 Å². The van der Waals surface area contributed by atoms with Crippen LogP contribution in [0, 0.1) is 0 Å². The van der Waals surface area contributed by atoms with Crippen LogP contribution in [0.25, 0.3) is 0 Å². The molecule has 0 unspecified atom stereocenters. The molecule has 2 aromatic carbocycles. The van der Waals surface area contributed by atoms with Crippen LogP contribution in [0.2, 0.25) is 0 Å². The molecule has 1 heterocycles. The lowest BCUT2D eigenvalue weighted by molar-refractivity contribution is -0.123. The van der Waals surface area contributed by atoms with Crippen LogP contribution in [0.1, 0.15) is 41.3 Å². The SMILES string of the molecule is CCN(CC)Cc1ccc(C(=O)NNC(=O)COc2ccccc2Cc2ccccc2)o1. The number of ether oxygens (including phenoxy) is 1. The second-order valence-corrected chi connectivity index (χ2v) is 7.29. The number of hydrazine groups is 1. The van der Waals surface area contributed by atoms with E-state index in [0.29, 0.717) is 24.5 Å². The topological polar surface area (TPSA) is 83.8 Å². The summed E-state index contributed by atoms with van der Waals surface area (Å²) in [5.74, 6) is 0.478. The smallest absolute Gasteiger partial charge is 0.305 e. The van der Waals surface area contributed by atoms with Gasteiger partial charge in [-0.05, 0) is 42.4 Å². The first-order valence-corrected chi connectivity index (χ1v) is 10.7. The summed E-state index contributed by atoms with van der Waals surface area (Å²) in [5, 5.41) is 0. The van der Waals surface area contributed by atoms with Gasteiger partial charge in [0, 0.05) is 6.42 Å². The lowest BCUT2D eigenvalue weighted by Crippen LogP contribution is -2.43. The quantitative estimate of drug-likeness (QED) is 0.476. The van der Waals surface area contributed by atoms with Crippen LogP contribution in [-0.2, 0) is 17.8 Å². The molecule has 1 aromatic heterocycles. The molecule has 0 radical (unpaired) electrons. The number of benzene rings is 2. The molecule has 0 fully saturated rings. The van der Waals surface area contributed by atoms with Crippen molar-refractivity contribution in [1.29, 1.82) is 0 Å². The zero-order chi connectivity index (χ0) is 22.8. The number of carbonyl (C=O) groups excluding carboxylic acids is 2. The second-order valence-electron chi connectivity index (χ2n) is 7.29. The van der Waals surface area contributed by atoms with E-state index in [0.717, 1.165) is 24.2 Å². The van der Waals surface area contributed by atoms with E-state index in [1.807, 2.05) is 54.6 Å². The second kappa shape index (κ2) is 11.7. The summed E-state index contributed by atoms with van der Waals surface area (Å²) in [6.07, 6.45) is 0.698. The fourth-order valence-electron chi connectivity index (χ4n) is 3.23. The number of amides is 2. The molecule has 0 spiro atoms. The number of para-hydroxylation sites is 1. The van der Waals surface area contributed by atoms with Gasteiger partial charge in [0.1, 0.15) is 11.5 Å². The molecular formula is C25H29N3O4. The van der Waals surface area contributed by atoms with Crippen LogP contribution in [-0.4, -0.2) is 36.4 Å². The van der Waals surface area contributed by atoms with Crippen LogP contribution in [0.5, 0.6) is 5.75 Å². The highest BCUT2D eigenvalue weighted by atomic mass is 16.5. The summed E-state index contributed by atoms with van der Waals surface area (Å²) in [4.78, 5) is 26.6. The zero-order valence-electron chi connectivity index (χ0n) is 18.5. The van der Waals surface area contributed by atoms with Crippen molar-refractivity contribution in [2.75, 3.05) is 19.7 Å². The standard InChI is InChI=1S/C25H29N3O4/c1-3-28(4-2)17-21-14-15-23(32-21)25(30)27-26-24(29)18-31-22-13-9-8-12-20(22)16-19-10-6-5-7-11-19/h5-15H,3-4,16-18H2,1-2H3,(H,26,29)(H,27,30). The number of rotatable bonds is 10. The van der Waals surface area contributed by atoms with E-state index in [-0.39, 0.29) is 12.4 Å². The number of carbonyl (C=O) groups is 2. The molecule has 7 heteroatoms. The predicted molar refractivity (Wildman–Crippen MR) is 122 cm³/mol. The zero-order valence-corrected chi connectivity index (χ0v) is 18.5. The van der Waals surface area contributed by atoms with Gasteiger partial charge in [-0.1, -0.05) is 62.4 Å². The van der Waals surface area contributed by atoms with Gasteiger partial charge in [0.15, 0.2) is 12.4 Å². The molecule has 0 saturated carbocycles. The lowest BCUT2D eigenvalue weighted by Gasteiger charge is -2.15. The highest BCUT2D eigenvalue weighted by Crippen LogP contribution is 2.21. The number of nitrogens with one attached hydrogen (secondary N) is 2. The third-order valence-corrected chi connectivity index (χ3v) is 5.04. The Morgan fingerprint density at radius 2 is 1.62 bits per heavy atom. The van der Waals surface area contributed by atoms with Crippen molar-refractivity contribution in [2.24, 2.45) is 0 Å². The molecular weight excluding hydrogens is 406 g/mol. The summed E-state index contributed by atoms with van der Waals surface area (Å²) in [6, 6.07) is 21.0. The maximum absolute atomic E-state index is 12.2. The maximum Gasteiger partial charge on any atom is 0.305 e. The number of furan rings is 1. The maximum atomic E-state index is 12.2. The van der Waals surface area contributed by atoms with Crippen LogP contribution in [0.4, 0.5) is 0 Å². The van der Waals surface area contributed by atoms with E-state index >= 15 is 0 Å². The minimum Gasteiger partial charge on any atom is -0.483 e. The average molecular weight is 436 g/mol. The molecule has 0 atom stereocenters. The van der Waals surface area contributed by atoms with Gasteiger partial charge in [-0.3, -0.25) is 25.3 Å². The van der Waals surface area contributed by atoms with Crippen molar-refractivity contribution in [3.05, 3.63) is 89.4 Å². The van der Waals surface area contributed by atoms with Gasteiger partial charge in [-0.2, -0.15) is 0 Å². The molecule has 0 aliphatic heterocycles. The van der Waals surface area contributed by atoms with Gasteiger partial charge >= 0.3 is 5.91 Å². The molecule has 3 rings (SSSR count). The Morgan fingerprint density at radius 1 is 0.906 bits per heavy atom. The Hall–Kier alpha value is -3.58. The first kappa shape index (κ1) is 23.1. The van der Waals surface area contributed by atoms with Crippen molar-refractivity contribution < 1.29 is 18.7 Å². The van der Waals surface area contributed by atoms with Gasteiger partial charge in [-0.25, -0.2) is 0 Å². The minimum absolute atomic E-state index is 0.140. The van der Waals surface area contributed by atoms with Crippen molar-refractivity contribution in [3.63, 3.8) is 0 Å². The van der Waals surface area contributed by atoms with E-state index < -0.39 is 11.8 Å². The Bertz CT molecular complexity index is 1010. The molecule has 0 aliphatic rings. The summed E-state index contributed by atoms with van der Waals surface area (Å²) in [6.45, 7) is 6.32. The van der Waals surface area contributed by atoms with Gasteiger partial charge in [0.2, 0.25) is 0 Å². The summed E-state index contributed by atoms with van der Waals surface area (Å²) >= 11 is 0. The Balaban J connectivity index is 1.48. The van der Waals surface area contributed by atoms with Gasteiger partial charge in [-0.15, -0.1) is 0 Å². The van der Waals surface area contributed by atoms with Gasteiger partial charge in [0.25, 0.3) is 5.91 Å². The normalized spacial score (nSPS) is 10.7. The minimum atomic E-state index is -0.520. The summed E-state index contributed by atoms with van der Waals surface area (Å²) < 4.78 is 11.3. The van der Waals surface area contributed by atoms with Crippen molar-refractivity contribution in [3.8, 4) is 5.75 Å². The predicted octanol–water partition coefficient (Wildman–Crippen LogP) is 3.55. The molecule has 7 nitrogen and oxygen atoms in total. The fraction of sp³-hybridized carbons (Fsp3) is 0.280. The Labute approximate surface area is 188 Å². The van der Waals surface area contributed by atoms with E-state index in [4.69, 9.17) is 9.15 Å². The van der Waals surface area contributed by atoms with E-state index in [2.05, 4.69) is 29.6 Å². The number of hydrogen-bond acceptors (Lipinski definition) is 5. The molecule has 0 bridgehead atoms. The molecule has 2 N–H and O–H groups in total. The summed E-state index contributed by atoms with van der Waals surface area (Å²) in [7, 11) is 0. The van der Waals surface area contributed by atoms with E-state index in [1.165, 1.54) is 0 Å². The Kier molecular flexibility index (Phi) is 8.45. The molecule has 0 saturated heterocycles. The van der Waals surface area contributed by atoms with E-state index in [1.54, 1.807) is 12.1 Å². The Morgan fingerprint density at radius 3 is 2.38 bits per heavy atom. The first-order valence-electron chi connectivity index (χ1n) is 10.7. The highest BCUT2D eigenvalue weighted by Gasteiger charge is 2.14. The van der Waals surface area contributed by atoms with E-state index in [9.17, 15) is 9.59 Å². The third kappa shape index (κ3) is 6.72. The number of nitrogens with zero attached hydrogens (tertiary/aromatic N) is 1. The van der Waals surface area contributed by atoms with Gasteiger partial charge < -0.3 is 9.15 Å². The third-order valence-electron chi connectivity index (χ3n) is 5.04. The summed E-state index contributed by atoms with van der Waals surface area (Å²) in [5.41, 5.74) is 6.85. The largest absolute Gasteiger partial charge is 0.483 e. The van der Waals surface area contributed by atoms with Crippen molar-refractivity contribution >= 4 is 11.8 Å². The van der Waals surface area contributed by atoms with Crippen molar-refractivity contribution in [2.45, 2.75) is 26.8 Å². The first-order chi connectivity index (χ1) is 15.6. The molecule has 2 amide bonds. The van der Waals surface area contributed by atoms with Crippen LogP contribution in [0.3, 0.4) is 0 Å². The van der Waals surface area contributed by atoms with Crippen LogP contribution in [0.15, 0.2) is 71.1 Å². The molecule has 3 aromatic rings. The van der Waals surface area contributed by atoms with Gasteiger partial charge in [0.05, 0.1) is 6.54 Å². The fourth-order valence-corrected chi connectivity index (χ4v) is 3.23. The molecule has 168 valence electrons. The monoisotopic (exact) mass is 435 g/mol. The number of hydrogen-bond donors (Lipinski definition) is 2. The molecule has 32 heavy (non-hydrogen) atoms. The lowest BCUT2D eigenvalue weighted by atomic mass is 10.0. The molecule has 0 aliphatic carbocycles. The van der Waals surface area contributed by atoms with Crippen LogP contribution >= 0.6 is 0 Å².